The standard InChI is InChI=1S/C11H13NO6S/c1-7(14)10(6-13)9-4-3-8(19(2,17)18)5-11(9)12(15)16/h3-7,10,14H,1-2H3. The van der Waals surface area contributed by atoms with Crippen LogP contribution in [0.2, 0.25) is 0 Å². The van der Waals surface area contributed by atoms with Crippen LogP contribution < -0.4 is 0 Å². The summed E-state index contributed by atoms with van der Waals surface area (Å²) in [4.78, 5) is 20.9. The van der Waals surface area contributed by atoms with Crippen molar-refractivity contribution in [3.63, 3.8) is 0 Å². The Labute approximate surface area is 109 Å². The van der Waals surface area contributed by atoms with Gasteiger partial charge in [0.05, 0.1) is 21.8 Å². The number of aliphatic hydroxyl groups excluding tert-OH is 1. The third-order valence-electron chi connectivity index (χ3n) is 2.65. The van der Waals surface area contributed by atoms with E-state index in [4.69, 9.17) is 0 Å². The number of aliphatic hydroxyl groups is 1. The SMILES string of the molecule is CC(O)C(C=O)c1ccc(S(C)(=O)=O)cc1[N+](=O)[O-]. The molecular weight excluding hydrogens is 274 g/mol. The molecule has 7 nitrogen and oxygen atoms in total. The Hall–Kier alpha value is -1.80. The van der Waals surface area contributed by atoms with E-state index < -0.39 is 32.5 Å². The molecule has 0 aromatic heterocycles. The quantitative estimate of drug-likeness (QED) is 0.483. The van der Waals surface area contributed by atoms with Crippen molar-refractivity contribution in [3.8, 4) is 0 Å². The number of hydrogen-bond acceptors (Lipinski definition) is 6. The van der Waals surface area contributed by atoms with Crippen molar-refractivity contribution in [2.75, 3.05) is 6.26 Å². The first-order chi connectivity index (χ1) is 8.68. The van der Waals surface area contributed by atoms with Crippen molar-refractivity contribution < 1.29 is 23.2 Å². The summed E-state index contributed by atoms with van der Waals surface area (Å²) in [5, 5.41) is 20.4. The van der Waals surface area contributed by atoms with Gasteiger partial charge in [-0.1, -0.05) is 6.07 Å². The molecule has 1 aromatic rings. The van der Waals surface area contributed by atoms with Gasteiger partial charge in [-0.15, -0.1) is 0 Å². The molecule has 0 aliphatic rings. The number of nitro groups is 1. The van der Waals surface area contributed by atoms with E-state index >= 15 is 0 Å². The van der Waals surface area contributed by atoms with Crippen LogP contribution in [-0.2, 0) is 14.6 Å². The first-order valence-corrected chi connectivity index (χ1v) is 7.19. The topological polar surface area (TPSA) is 115 Å². The largest absolute Gasteiger partial charge is 0.392 e. The molecule has 8 heteroatoms. The van der Waals surface area contributed by atoms with Gasteiger partial charge < -0.3 is 9.90 Å². The van der Waals surface area contributed by atoms with Gasteiger partial charge in [0, 0.05) is 17.9 Å². The van der Waals surface area contributed by atoms with E-state index in [0.29, 0.717) is 6.29 Å². The van der Waals surface area contributed by atoms with Crippen molar-refractivity contribution in [1.29, 1.82) is 0 Å². The van der Waals surface area contributed by atoms with Gasteiger partial charge in [0.2, 0.25) is 0 Å². The summed E-state index contributed by atoms with van der Waals surface area (Å²) in [5.74, 6) is -1.07. The van der Waals surface area contributed by atoms with Crippen LogP contribution in [0, 0.1) is 10.1 Å². The minimum absolute atomic E-state index is 0.0117. The van der Waals surface area contributed by atoms with Gasteiger partial charge in [0.15, 0.2) is 9.84 Å². The fourth-order valence-electron chi connectivity index (χ4n) is 1.64. The second kappa shape index (κ2) is 5.45. The average Bonchev–Trinajstić information content (AvgIpc) is 2.28. The van der Waals surface area contributed by atoms with Gasteiger partial charge in [-0.05, 0) is 13.0 Å². The van der Waals surface area contributed by atoms with E-state index in [-0.39, 0.29) is 10.5 Å². The number of benzene rings is 1. The Morgan fingerprint density at radius 2 is 2.00 bits per heavy atom. The first-order valence-electron chi connectivity index (χ1n) is 5.30. The molecule has 1 aromatic carbocycles. The molecule has 0 saturated heterocycles. The van der Waals surface area contributed by atoms with Crippen molar-refractivity contribution in [3.05, 3.63) is 33.9 Å². The lowest BCUT2D eigenvalue weighted by Crippen LogP contribution is -2.17. The lowest BCUT2D eigenvalue weighted by atomic mass is 9.94. The molecule has 0 amide bonds. The zero-order valence-corrected chi connectivity index (χ0v) is 11.1. The van der Waals surface area contributed by atoms with Gasteiger partial charge in [-0.25, -0.2) is 8.42 Å². The molecule has 19 heavy (non-hydrogen) atoms. The van der Waals surface area contributed by atoms with Crippen LogP contribution in [0.15, 0.2) is 23.1 Å². The van der Waals surface area contributed by atoms with Crippen LogP contribution in [0.4, 0.5) is 5.69 Å². The third kappa shape index (κ3) is 3.36. The molecule has 0 fully saturated rings. The average molecular weight is 287 g/mol. The van der Waals surface area contributed by atoms with Crippen LogP contribution in [0.3, 0.4) is 0 Å². The van der Waals surface area contributed by atoms with Crippen molar-refractivity contribution in [2.24, 2.45) is 0 Å². The van der Waals surface area contributed by atoms with Gasteiger partial charge >= 0.3 is 0 Å². The second-order valence-corrected chi connectivity index (χ2v) is 6.17. The molecule has 1 N–H and O–H groups in total. The Morgan fingerprint density at radius 1 is 1.42 bits per heavy atom. The molecule has 0 radical (unpaired) electrons. The predicted molar refractivity (Wildman–Crippen MR) is 66.7 cm³/mol. The molecule has 0 heterocycles. The highest BCUT2D eigenvalue weighted by Gasteiger charge is 2.27. The summed E-state index contributed by atoms with van der Waals surface area (Å²) in [6.07, 6.45) is 0.213. The maximum atomic E-state index is 11.4. The third-order valence-corrected chi connectivity index (χ3v) is 3.76. The van der Waals surface area contributed by atoms with E-state index in [0.717, 1.165) is 12.3 Å². The maximum Gasteiger partial charge on any atom is 0.274 e. The minimum Gasteiger partial charge on any atom is -0.392 e. The second-order valence-electron chi connectivity index (χ2n) is 4.15. The number of rotatable bonds is 5. The number of carbonyl (C=O) groups is 1. The van der Waals surface area contributed by atoms with Gasteiger partial charge in [0.1, 0.15) is 6.29 Å². The number of nitro benzene ring substituents is 1. The van der Waals surface area contributed by atoms with Gasteiger partial charge in [0.25, 0.3) is 5.69 Å². The Kier molecular flexibility index (Phi) is 4.38. The number of aldehydes is 1. The summed E-state index contributed by atoms with van der Waals surface area (Å²) in [6, 6.07) is 3.25. The minimum atomic E-state index is -3.58. The molecule has 0 saturated carbocycles. The van der Waals surface area contributed by atoms with Crippen LogP contribution in [0.1, 0.15) is 18.4 Å². The van der Waals surface area contributed by atoms with E-state index in [1.165, 1.54) is 19.1 Å². The number of sulfone groups is 1. The fourth-order valence-corrected chi connectivity index (χ4v) is 2.28. The highest BCUT2D eigenvalue weighted by Crippen LogP contribution is 2.30. The van der Waals surface area contributed by atoms with Gasteiger partial charge in [-0.3, -0.25) is 10.1 Å². The summed E-state index contributed by atoms with van der Waals surface area (Å²) in [5.41, 5.74) is -0.511. The zero-order valence-electron chi connectivity index (χ0n) is 10.3. The number of hydrogen-bond donors (Lipinski definition) is 1. The Bertz CT molecular complexity index is 608. The summed E-state index contributed by atoms with van der Waals surface area (Å²) >= 11 is 0. The molecule has 0 bridgehead atoms. The smallest absolute Gasteiger partial charge is 0.274 e. The molecule has 2 atom stereocenters. The monoisotopic (exact) mass is 287 g/mol. The van der Waals surface area contributed by atoms with E-state index in [1.807, 2.05) is 0 Å². The fraction of sp³-hybridized carbons (Fsp3) is 0.364. The van der Waals surface area contributed by atoms with Crippen LogP contribution in [0.25, 0.3) is 0 Å². The van der Waals surface area contributed by atoms with E-state index in [2.05, 4.69) is 0 Å². The molecule has 0 spiro atoms. The lowest BCUT2D eigenvalue weighted by molar-refractivity contribution is -0.386. The van der Waals surface area contributed by atoms with E-state index in [1.54, 1.807) is 0 Å². The van der Waals surface area contributed by atoms with Crippen LogP contribution >= 0.6 is 0 Å². The summed E-state index contributed by atoms with van der Waals surface area (Å²) in [6.45, 7) is 1.33. The molecule has 104 valence electrons. The Balaban J connectivity index is 3.51. The first kappa shape index (κ1) is 15.3. The summed E-state index contributed by atoms with van der Waals surface area (Å²) < 4.78 is 22.7. The van der Waals surface area contributed by atoms with Crippen molar-refractivity contribution in [1.82, 2.24) is 0 Å². The molecule has 2 unspecified atom stereocenters. The molecule has 1 rings (SSSR count). The van der Waals surface area contributed by atoms with Gasteiger partial charge in [-0.2, -0.15) is 0 Å². The molecular formula is C11H13NO6S. The summed E-state index contributed by atoms with van der Waals surface area (Å²) in [7, 11) is -3.58. The molecule has 0 aliphatic heterocycles. The zero-order chi connectivity index (χ0) is 14.8. The number of nitrogens with zero attached hydrogens (tertiary/aromatic N) is 1. The maximum absolute atomic E-state index is 11.4. The van der Waals surface area contributed by atoms with Crippen molar-refractivity contribution in [2.45, 2.75) is 23.8 Å². The van der Waals surface area contributed by atoms with Crippen LogP contribution in [0.5, 0.6) is 0 Å². The van der Waals surface area contributed by atoms with Crippen LogP contribution in [-0.4, -0.2) is 37.1 Å². The highest BCUT2D eigenvalue weighted by molar-refractivity contribution is 7.90. The lowest BCUT2D eigenvalue weighted by Gasteiger charge is -2.14. The van der Waals surface area contributed by atoms with E-state index in [9.17, 15) is 28.4 Å². The predicted octanol–water partition coefficient (Wildman–Crippen LogP) is 0.662. The Morgan fingerprint density at radius 3 is 2.37 bits per heavy atom. The highest BCUT2D eigenvalue weighted by atomic mass is 32.2. The number of carbonyl (C=O) groups excluding carboxylic acids is 1. The normalized spacial score (nSPS) is 14.7. The molecule has 0 aliphatic carbocycles. The van der Waals surface area contributed by atoms with Crippen molar-refractivity contribution >= 4 is 21.8 Å².